The second kappa shape index (κ2) is 4.13. The van der Waals surface area contributed by atoms with Crippen molar-refractivity contribution in [2.24, 2.45) is 5.41 Å². The molecule has 0 aromatic heterocycles. The quantitative estimate of drug-likeness (QED) is 0.602. The molecule has 0 spiro atoms. The minimum Gasteiger partial charge on any atom is -0.0809 e. The maximum atomic E-state index is 2.51. The summed E-state index contributed by atoms with van der Waals surface area (Å²) in [5.41, 5.74) is 1.89. The lowest BCUT2D eigenvalue weighted by atomic mass is 9.87. The second-order valence-corrected chi connectivity index (χ2v) is 11.2. The summed E-state index contributed by atoms with van der Waals surface area (Å²) in [4.78, 5) is 0. The molecule has 0 saturated carbocycles. The Labute approximate surface area is 107 Å². The van der Waals surface area contributed by atoms with Crippen LogP contribution in [0.2, 0.25) is 13.1 Å². The van der Waals surface area contributed by atoms with Gasteiger partial charge in [-0.1, -0.05) is 74.6 Å². The first-order valence-corrected chi connectivity index (χ1v) is 9.60. The third-order valence-corrected chi connectivity index (χ3v) is 8.03. The molecule has 0 bridgehead atoms. The van der Waals surface area contributed by atoms with E-state index in [1.165, 1.54) is 12.8 Å². The highest BCUT2D eigenvalue weighted by atomic mass is 28.3. The molecule has 92 valence electrons. The van der Waals surface area contributed by atoms with Crippen LogP contribution in [0, 0.1) is 5.41 Å². The Morgan fingerprint density at radius 3 is 2.29 bits per heavy atom. The molecule has 2 aliphatic carbocycles. The minimum absolute atomic E-state index is 0.291. The van der Waals surface area contributed by atoms with Gasteiger partial charge in [0.05, 0.1) is 0 Å². The molecule has 0 aliphatic heterocycles. The summed E-state index contributed by atoms with van der Waals surface area (Å²) in [6.07, 6.45) is 14.0. The molecule has 17 heavy (non-hydrogen) atoms. The highest BCUT2D eigenvalue weighted by molar-refractivity contribution is 6.91. The summed E-state index contributed by atoms with van der Waals surface area (Å²) in [5, 5.41) is 3.44. The van der Waals surface area contributed by atoms with Gasteiger partial charge in [-0.15, -0.1) is 0 Å². The van der Waals surface area contributed by atoms with Gasteiger partial charge in [-0.3, -0.25) is 0 Å². The SMILES string of the molecule is CC(C)(C)C1=C([Si](C)(C)C2=CC=CC2)CC=C1. The Morgan fingerprint density at radius 1 is 1.06 bits per heavy atom. The lowest BCUT2D eigenvalue weighted by Gasteiger charge is -2.32. The summed E-state index contributed by atoms with van der Waals surface area (Å²) in [6, 6.07) is 0. The molecule has 0 radical (unpaired) electrons. The molecular formula is C16H24Si. The van der Waals surface area contributed by atoms with E-state index >= 15 is 0 Å². The van der Waals surface area contributed by atoms with Gasteiger partial charge in [0.25, 0.3) is 0 Å². The molecule has 0 nitrogen and oxygen atoms in total. The minimum atomic E-state index is -1.39. The van der Waals surface area contributed by atoms with Crippen molar-refractivity contribution >= 4 is 8.07 Å². The highest BCUT2D eigenvalue weighted by Crippen LogP contribution is 2.41. The molecule has 0 fully saturated rings. The second-order valence-electron chi connectivity index (χ2n) is 6.70. The van der Waals surface area contributed by atoms with Crippen molar-refractivity contribution < 1.29 is 0 Å². The van der Waals surface area contributed by atoms with Gasteiger partial charge in [0.15, 0.2) is 0 Å². The molecule has 2 rings (SSSR count). The van der Waals surface area contributed by atoms with E-state index in [0.29, 0.717) is 5.41 Å². The van der Waals surface area contributed by atoms with E-state index in [2.05, 4.69) is 64.2 Å². The fourth-order valence-electron chi connectivity index (χ4n) is 2.90. The smallest absolute Gasteiger partial charge is 0.0809 e. The molecule has 1 heteroatoms. The first kappa shape index (κ1) is 12.6. The van der Waals surface area contributed by atoms with Crippen LogP contribution in [0.25, 0.3) is 0 Å². The Kier molecular flexibility index (Phi) is 3.07. The van der Waals surface area contributed by atoms with Gasteiger partial charge in [0.2, 0.25) is 0 Å². The van der Waals surface area contributed by atoms with Crippen molar-refractivity contribution in [3.05, 3.63) is 46.3 Å². The first-order valence-electron chi connectivity index (χ1n) is 6.60. The Morgan fingerprint density at radius 2 is 1.76 bits per heavy atom. The first-order chi connectivity index (χ1) is 7.83. The van der Waals surface area contributed by atoms with Gasteiger partial charge in [-0.05, 0) is 23.8 Å². The normalized spacial score (nSPS) is 20.4. The van der Waals surface area contributed by atoms with Gasteiger partial charge < -0.3 is 0 Å². The lowest BCUT2D eigenvalue weighted by molar-refractivity contribution is 0.516. The van der Waals surface area contributed by atoms with E-state index < -0.39 is 8.07 Å². The molecule has 0 aromatic carbocycles. The van der Waals surface area contributed by atoms with Crippen LogP contribution in [0.5, 0.6) is 0 Å². The van der Waals surface area contributed by atoms with Crippen LogP contribution in [-0.2, 0) is 0 Å². The number of hydrogen-bond donors (Lipinski definition) is 0. The third-order valence-electron chi connectivity index (χ3n) is 4.07. The average molecular weight is 244 g/mol. The number of allylic oxidation sites excluding steroid dienone is 8. The van der Waals surface area contributed by atoms with E-state index in [1.807, 2.05) is 0 Å². The van der Waals surface area contributed by atoms with Gasteiger partial charge >= 0.3 is 0 Å². The maximum absolute atomic E-state index is 2.51. The number of hydrogen-bond acceptors (Lipinski definition) is 0. The van der Waals surface area contributed by atoms with Crippen LogP contribution >= 0.6 is 0 Å². The van der Waals surface area contributed by atoms with E-state index in [9.17, 15) is 0 Å². The predicted molar refractivity (Wildman–Crippen MR) is 79.6 cm³/mol. The summed E-state index contributed by atoms with van der Waals surface area (Å²) in [6.45, 7) is 12.0. The van der Waals surface area contributed by atoms with Crippen LogP contribution in [-0.4, -0.2) is 8.07 Å². The van der Waals surface area contributed by atoms with E-state index in [4.69, 9.17) is 0 Å². The van der Waals surface area contributed by atoms with Gasteiger partial charge in [0, 0.05) is 0 Å². The zero-order valence-corrected chi connectivity index (χ0v) is 12.8. The highest BCUT2D eigenvalue weighted by Gasteiger charge is 2.35. The lowest BCUT2D eigenvalue weighted by Crippen LogP contribution is -2.33. The topological polar surface area (TPSA) is 0 Å². The average Bonchev–Trinajstić information content (AvgIpc) is 2.89. The third kappa shape index (κ3) is 2.26. The van der Waals surface area contributed by atoms with E-state index in [-0.39, 0.29) is 0 Å². The van der Waals surface area contributed by atoms with Gasteiger partial charge in [-0.25, -0.2) is 0 Å². The monoisotopic (exact) mass is 244 g/mol. The van der Waals surface area contributed by atoms with Crippen molar-refractivity contribution in [1.29, 1.82) is 0 Å². The molecule has 0 unspecified atom stereocenters. The molecule has 0 N–H and O–H groups in total. The fourth-order valence-corrected chi connectivity index (χ4v) is 6.19. The molecular weight excluding hydrogens is 220 g/mol. The van der Waals surface area contributed by atoms with Crippen LogP contribution < -0.4 is 0 Å². The van der Waals surface area contributed by atoms with Crippen LogP contribution in [0.3, 0.4) is 0 Å². The van der Waals surface area contributed by atoms with Crippen LogP contribution in [0.15, 0.2) is 46.3 Å². The molecule has 0 heterocycles. The number of rotatable bonds is 2. The fraction of sp³-hybridized carbons (Fsp3) is 0.500. The largest absolute Gasteiger partial charge is 0.104 e. The van der Waals surface area contributed by atoms with Crippen LogP contribution in [0.4, 0.5) is 0 Å². The summed E-state index contributed by atoms with van der Waals surface area (Å²) < 4.78 is 0. The standard InChI is InChI=1S/C16H24Si/c1-16(2,3)14-11-8-12-15(14)17(4,5)13-9-6-7-10-13/h6-9,11H,10,12H2,1-5H3. The van der Waals surface area contributed by atoms with E-state index in [0.717, 1.165) is 0 Å². The molecule has 2 aliphatic rings. The van der Waals surface area contributed by atoms with Crippen molar-refractivity contribution in [2.45, 2.75) is 46.7 Å². The predicted octanol–water partition coefficient (Wildman–Crippen LogP) is 4.96. The van der Waals surface area contributed by atoms with Crippen molar-refractivity contribution in [3.63, 3.8) is 0 Å². The Balaban J connectivity index is 2.40. The van der Waals surface area contributed by atoms with Crippen LogP contribution in [0.1, 0.15) is 33.6 Å². The summed E-state index contributed by atoms with van der Waals surface area (Å²) in [7, 11) is -1.39. The molecule has 0 saturated heterocycles. The summed E-state index contributed by atoms with van der Waals surface area (Å²) in [5.74, 6) is 0. The molecule has 0 amide bonds. The van der Waals surface area contributed by atoms with Crippen molar-refractivity contribution in [2.75, 3.05) is 0 Å². The van der Waals surface area contributed by atoms with Crippen molar-refractivity contribution in [3.8, 4) is 0 Å². The van der Waals surface area contributed by atoms with Gasteiger partial charge in [-0.2, -0.15) is 0 Å². The Hall–Kier alpha value is -0.823. The molecule has 0 atom stereocenters. The maximum Gasteiger partial charge on any atom is 0.104 e. The van der Waals surface area contributed by atoms with Gasteiger partial charge in [0.1, 0.15) is 8.07 Å². The zero-order valence-electron chi connectivity index (χ0n) is 11.8. The zero-order chi connectivity index (χ0) is 12.7. The summed E-state index contributed by atoms with van der Waals surface area (Å²) >= 11 is 0. The van der Waals surface area contributed by atoms with Crippen molar-refractivity contribution in [1.82, 2.24) is 0 Å². The van der Waals surface area contributed by atoms with E-state index in [1.54, 1.807) is 16.0 Å². The molecule has 0 aromatic rings. The Bertz CT molecular complexity index is 437.